The van der Waals surface area contributed by atoms with Gasteiger partial charge < -0.3 is 18.9 Å². The number of epoxide rings is 2. The molecule has 0 aliphatic carbocycles. The van der Waals surface area contributed by atoms with E-state index in [9.17, 15) is 19.2 Å². The van der Waals surface area contributed by atoms with Crippen LogP contribution in [0.1, 0.15) is 73.3 Å². The van der Waals surface area contributed by atoms with Crippen LogP contribution >= 0.6 is 0 Å². The average Bonchev–Trinajstić information content (AvgIpc) is 4.24. The van der Waals surface area contributed by atoms with Crippen molar-refractivity contribution in [2.75, 3.05) is 36.2 Å². The first-order chi connectivity index (χ1) is 29.5. The quantitative estimate of drug-likeness (QED) is 0.0886. The van der Waals surface area contributed by atoms with Crippen molar-refractivity contribution in [2.24, 2.45) is 0 Å². The Hall–Kier alpha value is -6.88. The summed E-state index contributed by atoms with van der Waals surface area (Å²) in [5.74, 6) is -0.156. The second kappa shape index (κ2) is 19.0. The Bertz CT molecular complexity index is 2440. The Labute approximate surface area is 356 Å². The summed E-state index contributed by atoms with van der Waals surface area (Å²) in [5.41, 5.74) is 4.50. The SMILES string of the molecule is CC(C)(C)c1ccccc1C(=O)N(C(=O)c1ccccc1)c1ccc(OCC2CO2)cc1.Cc1ccc(C(=O)N(C(=O)c2ccccc2)c2ccc(OCC3CO3)cc2)cc1. The molecule has 2 aliphatic heterocycles. The molecular formula is C51H48N2O8. The molecule has 10 nitrogen and oxygen atoms in total. The lowest BCUT2D eigenvalue weighted by Gasteiger charge is -2.26. The fourth-order valence-electron chi connectivity index (χ4n) is 6.43. The van der Waals surface area contributed by atoms with Crippen LogP contribution in [0.15, 0.2) is 158 Å². The number of hydrogen-bond donors (Lipinski definition) is 0. The fraction of sp³-hybridized carbons (Fsp3) is 0.216. The van der Waals surface area contributed by atoms with Crippen molar-refractivity contribution in [2.45, 2.75) is 45.3 Å². The van der Waals surface area contributed by atoms with Crippen LogP contribution in [0.25, 0.3) is 0 Å². The smallest absolute Gasteiger partial charge is 0.265 e. The van der Waals surface area contributed by atoms with Crippen molar-refractivity contribution < 1.29 is 38.1 Å². The number of imide groups is 2. The van der Waals surface area contributed by atoms with Gasteiger partial charge in [-0.05, 0) is 109 Å². The molecule has 61 heavy (non-hydrogen) atoms. The van der Waals surface area contributed by atoms with E-state index in [0.29, 0.717) is 58.3 Å². The monoisotopic (exact) mass is 816 g/mol. The van der Waals surface area contributed by atoms with Gasteiger partial charge in [-0.25, -0.2) is 9.80 Å². The summed E-state index contributed by atoms with van der Waals surface area (Å²) in [7, 11) is 0. The van der Waals surface area contributed by atoms with Gasteiger partial charge in [-0.2, -0.15) is 0 Å². The molecule has 4 amide bonds. The van der Waals surface area contributed by atoms with E-state index >= 15 is 0 Å². The molecule has 0 saturated carbocycles. The third-order valence-corrected chi connectivity index (χ3v) is 9.98. The number of amides is 4. The van der Waals surface area contributed by atoms with Gasteiger partial charge in [-0.1, -0.05) is 93.1 Å². The van der Waals surface area contributed by atoms with E-state index in [4.69, 9.17) is 18.9 Å². The first-order valence-corrected chi connectivity index (χ1v) is 20.2. The van der Waals surface area contributed by atoms with Gasteiger partial charge in [-0.3, -0.25) is 19.2 Å². The molecule has 310 valence electrons. The number of benzene rings is 6. The maximum absolute atomic E-state index is 13.8. The zero-order chi connectivity index (χ0) is 42.9. The highest BCUT2D eigenvalue weighted by Gasteiger charge is 2.31. The Morgan fingerprint density at radius 2 is 0.885 bits per heavy atom. The number of hydrogen-bond acceptors (Lipinski definition) is 8. The molecule has 2 unspecified atom stereocenters. The van der Waals surface area contributed by atoms with Gasteiger partial charge in [0, 0.05) is 22.3 Å². The summed E-state index contributed by atoms with van der Waals surface area (Å²) >= 11 is 0. The van der Waals surface area contributed by atoms with Crippen LogP contribution < -0.4 is 19.3 Å². The van der Waals surface area contributed by atoms with Crippen molar-refractivity contribution in [1.29, 1.82) is 0 Å². The van der Waals surface area contributed by atoms with Gasteiger partial charge in [0.25, 0.3) is 23.6 Å². The summed E-state index contributed by atoms with van der Waals surface area (Å²) in [6, 6.07) is 46.2. The minimum atomic E-state index is -0.378. The number of ether oxygens (including phenoxy) is 4. The molecule has 2 atom stereocenters. The van der Waals surface area contributed by atoms with Crippen LogP contribution in [0.2, 0.25) is 0 Å². The molecule has 6 aromatic carbocycles. The molecule has 0 aromatic heterocycles. The highest BCUT2D eigenvalue weighted by atomic mass is 16.6. The zero-order valence-electron chi connectivity index (χ0n) is 34.7. The van der Waals surface area contributed by atoms with Crippen molar-refractivity contribution in [1.82, 2.24) is 0 Å². The molecule has 0 spiro atoms. The number of anilines is 2. The van der Waals surface area contributed by atoms with E-state index < -0.39 is 0 Å². The zero-order valence-corrected chi connectivity index (χ0v) is 34.7. The van der Waals surface area contributed by atoms with Crippen LogP contribution in [-0.4, -0.2) is 62.3 Å². The van der Waals surface area contributed by atoms with E-state index in [-0.39, 0.29) is 41.3 Å². The summed E-state index contributed by atoms with van der Waals surface area (Å²) in [6.07, 6.45) is 0.315. The van der Waals surface area contributed by atoms with Gasteiger partial charge in [0.05, 0.1) is 24.6 Å². The van der Waals surface area contributed by atoms with Crippen LogP contribution in [0.3, 0.4) is 0 Å². The molecule has 2 heterocycles. The summed E-state index contributed by atoms with van der Waals surface area (Å²) in [6.45, 7) is 10.5. The standard InChI is InChI=1S/C27H27NO4.C24H21NO4/c1-27(2,3)24-12-8-7-11-23(24)26(30)28(25(29)19-9-5-4-6-10-19)20-13-15-21(16-14-20)31-17-22-18-32-22;1-17-7-9-19(10-8-17)24(27)25(23(26)18-5-3-2-4-6-18)20-11-13-21(14-12-20)28-15-22-16-29-22/h4-16,22H,17-18H2,1-3H3;2-14,22H,15-16H2,1H3. The summed E-state index contributed by atoms with van der Waals surface area (Å²) in [4.78, 5) is 56.2. The van der Waals surface area contributed by atoms with E-state index in [2.05, 4.69) is 20.8 Å². The average molecular weight is 817 g/mol. The van der Waals surface area contributed by atoms with Crippen LogP contribution in [0, 0.1) is 6.92 Å². The minimum absolute atomic E-state index is 0.154. The molecule has 2 aliphatic rings. The molecule has 0 N–H and O–H groups in total. The van der Waals surface area contributed by atoms with Crippen molar-refractivity contribution in [3.05, 3.63) is 191 Å². The first-order valence-electron chi connectivity index (χ1n) is 20.2. The highest BCUT2D eigenvalue weighted by molar-refractivity contribution is 6.26. The van der Waals surface area contributed by atoms with Gasteiger partial charge in [0.15, 0.2) is 0 Å². The number of carbonyl (C=O) groups excluding carboxylic acids is 4. The number of nitrogens with zero attached hydrogens (tertiary/aromatic N) is 2. The Morgan fingerprint density at radius 3 is 1.30 bits per heavy atom. The third kappa shape index (κ3) is 11.0. The Morgan fingerprint density at radius 1 is 0.508 bits per heavy atom. The molecule has 2 saturated heterocycles. The number of carbonyl (C=O) groups is 4. The van der Waals surface area contributed by atoms with E-state index in [1.165, 1.54) is 9.80 Å². The predicted molar refractivity (Wildman–Crippen MR) is 235 cm³/mol. The third-order valence-electron chi connectivity index (χ3n) is 9.98. The maximum atomic E-state index is 13.8. The van der Waals surface area contributed by atoms with Crippen LogP contribution in [-0.2, 0) is 14.9 Å². The van der Waals surface area contributed by atoms with Crippen molar-refractivity contribution in [3.8, 4) is 11.5 Å². The molecule has 0 radical (unpaired) electrons. The van der Waals surface area contributed by atoms with Gasteiger partial charge in [0.1, 0.15) is 36.9 Å². The van der Waals surface area contributed by atoms with E-state index in [1.807, 2.05) is 49.4 Å². The molecular weight excluding hydrogens is 769 g/mol. The first kappa shape index (κ1) is 42.3. The highest BCUT2D eigenvalue weighted by Crippen LogP contribution is 2.30. The van der Waals surface area contributed by atoms with E-state index in [1.54, 1.807) is 115 Å². The molecule has 8 rings (SSSR count). The second-order valence-corrected chi connectivity index (χ2v) is 15.8. The Kier molecular flexibility index (Phi) is 13.2. The van der Waals surface area contributed by atoms with Gasteiger partial charge in [0.2, 0.25) is 0 Å². The Balaban J connectivity index is 0.000000185. The lowest BCUT2D eigenvalue weighted by atomic mass is 9.83. The lowest BCUT2D eigenvalue weighted by Crippen LogP contribution is -2.38. The predicted octanol–water partition coefficient (Wildman–Crippen LogP) is 9.51. The number of aryl methyl sites for hydroxylation is 1. The van der Waals surface area contributed by atoms with E-state index in [0.717, 1.165) is 24.3 Å². The topological polar surface area (TPSA) is 118 Å². The maximum Gasteiger partial charge on any atom is 0.265 e. The van der Waals surface area contributed by atoms with Gasteiger partial charge in [-0.15, -0.1) is 0 Å². The minimum Gasteiger partial charge on any atom is -0.491 e. The molecule has 2 fully saturated rings. The van der Waals surface area contributed by atoms with Crippen LogP contribution in [0.5, 0.6) is 11.5 Å². The molecule has 10 heteroatoms. The lowest BCUT2D eigenvalue weighted by molar-refractivity contribution is 0.0881. The fourth-order valence-corrected chi connectivity index (χ4v) is 6.43. The van der Waals surface area contributed by atoms with Crippen LogP contribution in [0.4, 0.5) is 11.4 Å². The summed E-state index contributed by atoms with van der Waals surface area (Å²) < 4.78 is 21.7. The number of rotatable bonds is 12. The summed E-state index contributed by atoms with van der Waals surface area (Å²) in [5, 5.41) is 0. The van der Waals surface area contributed by atoms with Crippen molar-refractivity contribution in [3.63, 3.8) is 0 Å². The van der Waals surface area contributed by atoms with Gasteiger partial charge >= 0.3 is 0 Å². The second-order valence-electron chi connectivity index (χ2n) is 15.8. The largest absolute Gasteiger partial charge is 0.491 e. The molecule has 0 bridgehead atoms. The van der Waals surface area contributed by atoms with Crippen molar-refractivity contribution >= 4 is 35.0 Å². The molecule has 6 aromatic rings. The normalized spacial score (nSPS) is 15.0.